The topological polar surface area (TPSA) is 56.7 Å². The number of imidazole rings is 1. The zero-order valence-corrected chi connectivity index (χ0v) is 12.6. The minimum absolute atomic E-state index is 0.369. The van der Waals surface area contributed by atoms with Crippen LogP contribution in [0.25, 0.3) is 11.3 Å². The molecule has 2 heterocycles. The van der Waals surface area contributed by atoms with Crippen LogP contribution in [-0.4, -0.2) is 25.5 Å². The highest BCUT2D eigenvalue weighted by Crippen LogP contribution is 2.42. The smallest absolute Gasteiger partial charge is 0.123 e. The molecule has 0 saturated heterocycles. The zero-order valence-electron chi connectivity index (χ0n) is 11.7. The summed E-state index contributed by atoms with van der Waals surface area (Å²) < 4.78 is 2.63. The largest absolute Gasteiger partial charge is 0.384 e. The Kier molecular flexibility index (Phi) is 3.70. The van der Waals surface area contributed by atoms with Gasteiger partial charge in [-0.1, -0.05) is 12.8 Å². The van der Waals surface area contributed by atoms with Gasteiger partial charge in [-0.2, -0.15) is 11.8 Å². The average molecular weight is 288 g/mol. The molecule has 20 heavy (non-hydrogen) atoms. The third-order valence-electron chi connectivity index (χ3n) is 4.20. The van der Waals surface area contributed by atoms with Crippen LogP contribution < -0.4 is 5.73 Å². The predicted octanol–water partition coefficient (Wildman–Crippen LogP) is 3.20. The molecule has 4 nitrogen and oxygen atoms in total. The van der Waals surface area contributed by atoms with E-state index in [1.54, 1.807) is 6.20 Å². The lowest BCUT2D eigenvalue weighted by Gasteiger charge is -2.28. The summed E-state index contributed by atoms with van der Waals surface area (Å²) in [5.41, 5.74) is 8.00. The maximum atomic E-state index is 5.79. The number of hydrogen-bond acceptors (Lipinski definition) is 4. The predicted molar refractivity (Wildman–Crippen MR) is 84.6 cm³/mol. The third kappa shape index (κ3) is 2.54. The molecule has 0 bridgehead atoms. The normalized spacial score (nSPS) is 17.4. The van der Waals surface area contributed by atoms with E-state index in [1.807, 2.05) is 36.4 Å². The molecular weight excluding hydrogens is 268 g/mol. The summed E-state index contributed by atoms with van der Waals surface area (Å²) in [6.45, 7) is 1.02. The van der Waals surface area contributed by atoms with Crippen LogP contribution in [0.1, 0.15) is 25.7 Å². The van der Waals surface area contributed by atoms with E-state index in [9.17, 15) is 0 Å². The minimum Gasteiger partial charge on any atom is -0.384 e. The van der Waals surface area contributed by atoms with Crippen molar-refractivity contribution < 1.29 is 0 Å². The van der Waals surface area contributed by atoms with Crippen LogP contribution in [0.2, 0.25) is 0 Å². The lowest BCUT2D eigenvalue weighted by molar-refractivity contribution is 0.508. The fourth-order valence-electron chi connectivity index (χ4n) is 3.05. The Morgan fingerprint density at radius 2 is 2.20 bits per heavy atom. The number of nitrogens with two attached hydrogens (primary N) is 1. The summed E-state index contributed by atoms with van der Waals surface area (Å²) in [5.74, 6) is 0.552. The number of anilines is 1. The van der Waals surface area contributed by atoms with Gasteiger partial charge in [-0.25, -0.2) is 9.97 Å². The first-order chi connectivity index (χ1) is 9.72. The fourth-order valence-corrected chi connectivity index (χ4v) is 4.02. The molecule has 0 radical (unpaired) electrons. The van der Waals surface area contributed by atoms with E-state index in [0.717, 1.165) is 17.8 Å². The van der Waals surface area contributed by atoms with Crippen molar-refractivity contribution in [1.82, 2.24) is 14.5 Å². The van der Waals surface area contributed by atoms with E-state index < -0.39 is 0 Å². The first-order valence-corrected chi connectivity index (χ1v) is 8.22. The summed E-state index contributed by atoms with van der Waals surface area (Å²) in [5, 5.41) is 0. The summed E-state index contributed by atoms with van der Waals surface area (Å²) in [6, 6.07) is 3.90. The van der Waals surface area contributed by atoms with Crippen molar-refractivity contribution in [2.24, 2.45) is 0 Å². The number of hydrogen-bond donors (Lipinski definition) is 1. The van der Waals surface area contributed by atoms with Crippen molar-refractivity contribution in [2.75, 3.05) is 12.0 Å². The molecule has 2 aromatic heterocycles. The Morgan fingerprint density at radius 3 is 2.90 bits per heavy atom. The fraction of sp³-hybridized carbons (Fsp3) is 0.467. The second-order valence-corrected chi connectivity index (χ2v) is 6.74. The summed E-state index contributed by atoms with van der Waals surface area (Å²) in [4.78, 5) is 8.38. The van der Waals surface area contributed by atoms with Gasteiger partial charge in [0.2, 0.25) is 0 Å². The molecule has 2 N–H and O–H groups in total. The van der Waals surface area contributed by atoms with E-state index in [2.05, 4.69) is 20.8 Å². The van der Waals surface area contributed by atoms with Crippen molar-refractivity contribution in [3.05, 3.63) is 30.9 Å². The van der Waals surface area contributed by atoms with E-state index in [4.69, 9.17) is 5.73 Å². The van der Waals surface area contributed by atoms with Crippen LogP contribution in [0.3, 0.4) is 0 Å². The number of nitrogens with zero attached hydrogens (tertiary/aromatic N) is 3. The molecule has 0 atom stereocenters. The molecule has 5 heteroatoms. The maximum Gasteiger partial charge on any atom is 0.123 e. The van der Waals surface area contributed by atoms with Crippen LogP contribution in [0, 0.1) is 0 Å². The third-order valence-corrected chi connectivity index (χ3v) is 5.60. The summed E-state index contributed by atoms with van der Waals surface area (Å²) in [6.07, 6.45) is 13.1. The highest BCUT2D eigenvalue weighted by atomic mass is 32.2. The van der Waals surface area contributed by atoms with Crippen molar-refractivity contribution >= 4 is 17.6 Å². The molecule has 1 aliphatic carbocycles. The van der Waals surface area contributed by atoms with E-state index in [-0.39, 0.29) is 0 Å². The van der Waals surface area contributed by atoms with Gasteiger partial charge in [-0.05, 0) is 31.2 Å². The lowest BCUT2D eigenvalue weighted by atomic mass is 10.1. The maximum absolute atomic E-state index is 5.79. The average Bonchev–Trinajstić information content (AvgIpc) is 3.09. The zero-order chi connectivity index (χ0) is 14.0. The van der Waals surface area contributed by atoms with E-state index >= 15 is 0 Å². The molecule has 0 unspecified atom stereocenters. The number of rotatable bonds is 4. The highest BCUT2D eigenvalue weighted by Gasteiger charge is 2.33. The van der Waals surface area contributed by atoms with Gasteiger partial charge in [0.15, 0.2) is 0 Å². The van der Waals surface area contributed by atoms with Gasteiger partial charge in [0.25, 0.3) is 0 Å². The van der Waals surface area contributed by atoms with Crippen molar-refractivity contribution in [3.63, 3.8) is 0 Å². The van der Waals surface area contributed by atoms with Gasteiger partial charge in [0.05, 0.1) is 18.2 Å². The summed E-state index contributed by atoms with van der Waals surface area (Å²) >= 11 is 2.00. The highest BCUT2D eigenvalue weighted by molar-refractivity contribution is 8.00. The number of nitrogen functional groups attached to an aromatic ring is 1. The second kappa shape index (κ2) is 5.48. The Labute approximate surface area is 123 Å². The molecule has 1 aliphatic rings. The van der Waals surface area contributed by atoms with Crippen LogP contribution in [0.5, 0.6) is 0 Å². The first-order valence-electron chi connectivity index (χ1n) is 7.00. The minimum atomic E-state index is 0.369. The summed E-state index contributed by atoms with van der Waals surface area (Å²) in [7, 11) is 0. The molecule has 1 saturated carbocycles. The van der Waals surface area contributed by atoms with Crippen LogP contribution in [0.4, 0.5) is 5.82 Å². The second-order valence-electron chi connectivity index (χ2n) is 5.47. The number of pyridine rings is 1. The van der Waals surface area contributed by atoms with Gasteiger partial charge in [-0.15, -0.1) is 0 Å². The molecule has 0 amide bonds. The Bertz CT molecular complexity index is 587. The standard InChI is InChI=1S/C15H20N4S/c1-20-15(5-2-3-6-15)10-19-11-17-9-13(19)12-4-7-18-14(16)8-12/h4,7-9,11H,2-3,5-6,10H2,1H3,(H2,16,18). The monoisotopic (exact) mass is 288 g/mol. The first kappa shape index (κ1) is 13.5. The van der Waals surface area contributed by atoms with Gasteiger partial charge in [0.1, 0.15) is 5.82 Å². The van der Waals surface area contributed by atoms with Gasteiger partial charge >= 0.3 is 0 Å². The molecule has 3 rings (SSSR count). The molecule has 0 spiro atoms. The SMILES string of the molecule is CSC1(Cn2cncc2-c2ccnc(N)c2)CCCC1. The lowest BCUT2D eigenvalue weighted by Crippen LogP contribution is -2.26. The van der Waals surface area contributed by atoms with E-state index in [1.165, 1.54) is 25.7 Å². The van der Waals surface area contributed by atoms with Crippen molar-refractivity contribution in [3.8, 4) is 11.3 Å². The van der Waals surface area contributed by atoms with Crippen LogP contribution >= 0.6 is 11.8 Å². The quantitative estimate of drug-likeness (QED) is 0.938. The molecular formula is C15H20N4S. The Hall–Kier alpha value is -1.49. The Morgan fingerprint density at radius 1 is 1.40 bits per heavy atom. The van der Waals surface area contributed by atoms with Gasteiger partial charge in [-0.3, -0.25) is 0 Å². The van der Waals surface area contributed by atoms with Crippen molar-refractivity contribution in [2.45, 2.75) is 37.0 Å². The molecule has 0 aliphatic heterocycles. The number of aromatic nitrogens is 3. The van der Waals surface area contributed by atoms with Crippen LogP contribution in [0.15, 0.2) is 30.9 Å². The van der Waals surface area contributed by atoms with Crippen molar-refractivity contribution in [1.29, 1.82) is 0 Å². The van der Waals surface area contributed by atoms with E-state index in [0.29, 0.717) is 10.6 Å². The van der Waals surface area contributed by atoms with Crippen LogP contribution in [-0.2, 0) is 6.54 Å². The van der Waals surface area contributed by atoms with Gasteiger partial charge < -0.3 is 10.3 Å². The molecule has 2 aromatic rings. The molecule has 0 aromatic carbocycles. The Balaban J connectivity index is 1.90. The van der Waals surface area contributed by atoms with Gasteiger partial charge in [0, 0.05) is 23.1 Å². The molecule has 1 fully saturated rings. The number of thioether (sulfide) groups is 1. The molecule has 106 valence electrons.